The van der Waals surface area contributed by atoms with Crippen molar-refractivity contribution in [1.29, 1.82) is 5.26 Å². The molecular formula is C14H23NO3. The second kappa shape index (κ2) is 6.01. The average Bonchev–Trinajstić information content (AvgIpc) is 2.67. The van der Waals surface area contributed by atoms with Crippen molar-refractivity contribution >= 4 is 0 Å². The van der Waals surface area contributed by atoms with Gasteiger partial charge < -0.3 is 14.2 Å². The standard InChI is InChI=1S/C12H17NO3.C2H6/c13-5-1-2-9-3-4-11-12(16-9)6-10(15-11)7-14-8-12;1-2/h9-11H,1-4,6-8H2;1-2H3. The molecule has 0 aliphatic carbocycles. The minimum Gasteiger partial charge on any atom is -0.376 e. The van der Waals surface area contributed by atoms with E-state index in [4.69, 9.17) is 19.5 Å². The van der Waals surface area contributed by atoms with Gasteiger partial charge in [-0.25, -0.2) is 0 Å². The minimum absolute atomic E-state index is 0.193. The van der Waals surface area contributed by atoms with Crippen LogP contribution in [0.2, 0.25) is 0 Å². The molecule has 0 saturated carbocycles. The molecule has 102 valence electrons. The molecule has 3 fully saturated rings. The summed E-state index contributed by atoms with van der Waals surface area (Å²) in [5.74, 6) is 0. The van der Waals surface area contributed by atoms with Crippen LogP contribution in [0.15, 0.2) is 0 Å². The third-order valence-corrected chi connectivity index (χ3v) is 3.90. The molecule has 0 radical (unpaired) electrons. The molecular weight excluding hydrogens is 230 g/mol. The lowest BCUT2D eigenvalue weighted by molar-refractivity contribution is -0.184. The van der Waals surface area contributed by atoms with E-state index in [1.165, 1.54) is 0 Å². The van der Waals surface area contributed by atoms with Crippen molar-refractivity contribution in [3.05, 3.63) is 0 Å². The SMILES string of the molecule is CC.N#CCCC1CCC2OC3COCC2(C3)O1. The summed E-state index contributed by atoms with van der Waals surface area (Å²) < 4.78 is 17.6. The van der Waals surface area contributed by atoms with E-state index in [-0.39, 0.29) is 23.9 Å². The number of ether oxygens (including phenoxy) is 3. The van der Waals surface area contributed by atoms with Crippen molar-refractivity contribution in [2.45, 2.75) is 69.9 Å². The molecule has 4 heteroatoms. The van der Waals surface area contributed by atoms with Gasteiger partial charge in [0.15, 0.2) is 0 Å². The molecule has 0 aromatic heterocycles. The first kappa shape index (κ1) is 13.8. The summed E-state index contributed by atoms with van der Waals surface area (Å²) in [6, 6.07) is 2.19. The first-order valence-electron chi connectivity index (χ1n) is 7.10. The highest BCUT2D eigenvalue weighted by Gasteiger charge is 2.55. The lowest BCUT2D eigenvalue weighted by Crippen LogP contribution is -2.52. The van der Waals surface area contributed by atoms with Crippen LogP contribution in [-0.4, -0.2) is 37.1 Å². The Hall–Kier alpha value is -0.630. The lowest BCUT2D eigenvalue weighted by atomic mass is 9.85. The maximum Gasteiger partial charge on any atom is 0.120 e. The van der Waals surface area contributed by atoms with Crippen molar-refractivity contribution in [3.63, 3.8) is 0 Å². The summed E-state index contributed by atoms with van der Waals surface area (Å²) >= 11 is 0. The largest absolute Gasteiger partial charge is 0.376 e. The van der Waals surface area contributed by atoms with Crippen LogP contribution in [0.3, 0.4) is 0 Å². The molecule has 4 atom stereocenters. The topological polar surface area (TPSA) is 51.5 Å². The van der Waals surface area contributed by atoms with E-state index in [2.05, 4.69) is 6.07 Å². The lowest BCUT2D eigenvalue weighted by Gasteiger charge is -2.42. The Labute approximate surface area is 109 Å². The summed E-state index contributed by atoms with van der Waals surface area (Å²) in [6.45, 7) is 5.38. The van der Waals surface area contributed by atoms with Gasteiger partial charge in [0.05, 0.1) is 37.6 Å². The highest BCUT2D eigenvalue weighted by atomic mass is 16.6. The maximum atomic E-state index is 8.60. The summed E-state index contributed by atoms with van der Waals surface area (Å²) in [5.41, 5.74) is -0.193. The average molecular weight is 253 g/mol. The van der Waals surface area contributed by atoms with Crippen molar-refractivity contribution in [3.8, 4) is 6.07 Å². The van der Waals surface area contributed by atoms with E-state index in [0.717, 1.165) is 25.7 Å². The van der Waals surface area contributed by atoms with Crippen molar-refractivity contribution in [2.75, 3.05) is 13.2 Å². The molecule has 3 saturated heterocycles. The number of rotatable bonds is 2. The Morgan fingerprint density at radius 2 is 2.17 bits per heavy atom. The van der Waals surface area contributed by atoms with Gasteiger partial charge >= 0.3 is 0 Å². The van der Waals surface area contributed by atoms with Crippen molar-refractivity contribution < 1.29 is 14.2 Å². The predicted octanol–water partition coefficient (Wildman–Crippen LogP) is 2.42. The van der Waals surface area contributed by atoms with E-state index in [0.29, 0.717) is 19.6 Å². The number of hydrogen-bond acceptors (Lipinski definition) is 4. The zero-order chi connectivity index (χ0) is 13.0. The molecule has 4 nitrogen and oxygen atoms in total. The van der Waals surface area contributed by atoms with Gasteiger partial charge in [-0.3, -0.25) is 0 Å². The molecule has 0 aromatic rings. The van der Waals surface area contributed by atoms with Gasteiger partial charge in [-0.05, 0) is 19.3 Å². The van der Waals surface area contributed by atoms with Crippen LogP contribution in [0.5, 0.6) is 0 Å². The van der Waals surface area contributed by atoms with Crippen LogP contribution in [0.25, 0.3) is 0 Å². The molecule has 0 amide bonds. The Bertz CT molecular complexity index is 315. The van der Waals surface area contributed by atoms with Gasteiger partial charge in [0, 0.05) is 12.8 Å². The fourth-order valence-corrected chi connectivity index (χ4v) is 3.18. The Morgan fingerprint density at radius 3 is 2.94 bits per heavy atom. The summed E-state index contributed by atoms with van der Waals surface area (Å²) in [5, 5.41) is 8.60. The van der Waals surface area contributed by atoms with Crippen LogP contribution >= 0.6 is 0 Å². The second-order valence-electron chi connectivity index (χ2n) is 5.04. The fraction of sp³-hybridized carbons (Fsp3) is 0.929. The quantitative estimate of drug-likeness (QED) is 0.758. The van der Waals surface area contributed by atoms with Gasteiger partial charge in [0.25, 0.3) is 0 Å². The zero-order valence-electron chi connectivity index (χ0n) is 11.4. The van der Waals surface area contributed by atoms with E-state index < -0.39 is 0 Å². The molecule has 1 spiro atoms. The van der Waals surface area contributed by atoms with Gasteiger partial charge in [-0.15, -0.1) is 0 Å². The molecule has 0 N–H and O–H groups in total. The summed E-state index contributed by atoms with van der Waals surface area (Å²) in [6.07, 6.45) is 5.13. The van der Waals surface area contributed by atoms with Gasteiger partial charge in [-0.2, -0.15) is 5.26 Å². The molecule has 4 unspecified atom stereocenters. The first-order valence-corrected chi connectivity index (χ1v) is 7.10. The van der Waals surface area contributed by atoms with E-state index >= 15 is 0 Å². The fourth-order valence-electron chi connectivity index (χ4n) is 3.18. The third kappa shape index (κ3) is 2.54. The zero-order valence-corrected chi connectivity index (χ0v) is 11.4. The van der Waals surface area contributed by atoms with Crippen molar-refractivity contribution in [1.82, 2.24) is 0 Å². The molecule has 3 aliphatic rings. The van der Waals surface area contributed by atoms with Crippen LogP contribution in [0.4, 0.5) is 0 Å². The van der Waals surface area contributed by atoms with Gasteiger partial charge in [-0.1, -0.05) is 13.8 Å². The summed E-state index contributed by atoms with van der Waals surface area (Å²) in [7, 11) is 0. The third-order valence-electron chi connectivity index (χ3n) is 3.90. The molecule has 3 aliphatic heterocycles. The van der Waals surface area contributed by atoms with Crippen LogP contribution in [-0.2, 0) is 14.2 Å². The molecule has 2 bridgehead atoms. The first-order chi connectivity index (χ1) is 8.82. The number of nitriles is 1. The van der Waals surface area contributed by atoms with E-state index in [1.807, 2.05) is 13.8 Å². The monoisotopic (exact) mass is 253 g/mol. The predicted molar refractivity (Wildman–Crippen MR) is 67.1 cm³/mol. The van der Waals surface area contributed by atoms with Gasteiger partial charge in [0.2, 0.25) is 0 Å². The molecule has 18 heavy (non-hydrogen) atoms. The Kier molecular flexibility index (Phi) is 4.60. The minimum atomic E-state index is -0.193. The molecule has 3 rings (SSSR count). The molecule has 3 heterocycles. The maximum absolute atomic E-state index is 8.60. The van der Waals surface area contributed by atoms with Crippen LogP contribution < -0.4 is 0 Å². The smallest absolute Gasteiger partial charge is 0.120 e. The molecule has 0 aromatic carbocycles. The Balaban J connectivity index is 0.000000574. The van der Waals surface area contributed by atoms with Crippen LogP contribution in [0.1, 0.15) is 46.0 Å². The highest BCUT2D eigenvalue weighted by molar-refractivity contribution is 5.03. The normalized spacial score (nSPS) is 41.3. The van der Waals surface area contributed by atoms with Crippen LogP contribution in [0, 0.1) is 11.3 Å². The van der Waals surface area contributed by atoms with E-state index in [9.17, 15) is 0 Å². The number of fused-ring (bicyclic) bond motifs is 1. The van der Waals surface area contributed by atoms with Gasteiger partial charge in [0.1, 0.15) is 5.60 Å². The van der Waals surface area contributed by atoms with E-state index in [1.54, 1.807) is 0 Å². The second-order valence-corrected chi connectivity index (χ2v) is 5.04. The summed E-state index contributed by atoms with van der Waals surface area (Å²) in [4.78, 5) is 0. The Morgan fingerprint density at radius 1 is 1.33 bits per heavy atom. The number of nitrogens with zero attached hydrogens (tertiary/aromatic N) is 1. The highest BCUT2D eigenvalue weighted by Crippen LogP contribution is 2.44. The van der Waals surface area contributed by atoms with Crippen molar-refractivity contribution in [2.24, 2.45) is 0 Å². The number of hydrogen-bond donors (Lipinski definition) is 0.